The molecule has 1 aliphatic heterocycles. The number of Topliss-reactive ketones (excluding diaryl/α,β-unsaturated/α-hetero) is 1. The summed E-state index contributed by atoms with van der Waals surface area (Å²) in [6.07, 6.45) is 20.5. The Kier molecular flexibility index (Phi) is 11.3. The lowest BCUT2D eigenvalue weighted by Crippen LogP contribution is -2.59. The van der Waals surface area contributed by atoms with Gasteiger partial charge in [0.2, 0.25) is 0 Å². The van der Waals surface area contributed by atoms with Crippen molar-refractivity contribution in [2.24, 2.45) is 45.8 Å². The smallest absolute Gasteiger partial charge is 0.306 e. The van der Waals surface area contributed by atoms with E-state index >= 15 is 0 Å². The molecule has 1 N–H and O–H groups in total. The number of ketones is 2. The average Bonchev–Trinajstić information content (AvgIpc) is 3.84. The Morgan fingerprint density at radius 1 is 0.820 bits per heavy atom. The number of hydrogen-bond donors (Lipinski definition) is 1. The number of rotatable bonds is 8. The van der Waals surface area contributed by atoms with Crippen LogP contribution in [0, 0.1) is 45.8 Å². The molecule has 330 valence electrons. The van der Waals surface area contributed by atoms with Crippen molar-refractivity contribution in [3.8, 4) is 5.75 Å². The fourth-order valence-corrected chi connectivity index (χ4v) is 15.7. The Morgan fingerprint density at radius 2 is 1.61 bits per heavy atom. The quantitative estimate of drug-likeness (QED) is 0.209. The van der Waals surface area contributed by atoms with Gasteiger partial charge >= 0.3 is 5.97 Å². The number of phenolic OH excluding ortho intramolecular Hbond substituents is 1. The van der Waals surface area contributed by atoms with E-state index < -0.39 is 11.4 Å². The van der Waals surface area contributed by atoms with Crippen LogP contribution in [0.4, 0.5) is 0 Å². The maximum atomic E-state index is 13.5. The van der Waals surface area contributed by atoms with Crippen LogP contribution in [-0.2, 0) is 40.8 Å². The molecule has 8 aliphatic rings. The Bertz CT molecular complexity index is 2040. The predicted molar refractivity (Wildman–Crippen MR) is 237 cm³/mol. The van der Waals surface area contributed by atoms with Gasteiger partial charge in [-0.05, 0) is 168 Å². The number of phenols is 1. The highest BCUT2D eigenvalue weighted by Crippen LogP contribution is 2.71. The predicted octanol–water partition coefficient (Wildman–Crippen LogP) is 11.9. The highest BCUT2D eigenvalue weighted by molar-refractivity contribution is 5.91. The number of unbranched alkanes of at least 4 members (excludes halogenated alkanes) is 3. The molecule has 7 nitrogen and oxygen atoms in total. The van der Waals surface area contributed by atoms with Crippen LogP contribution in [0.2, 0.25) is 0 Å². The van der Waals surface area contributed by atoms with E-state index in [1.807, 2.05) is 55.5 Å². The molecule has 0 spiro atoms. The van der Waals surface area contributed by atoms with Crippen molar-refractivity contribution < 1.29 is 33.7 Å². The number of esters is 1. The Labute approximate surface area is 365 Å². The second-order valence-electron chi connectivity index (χ2n) is 21.7. The van der Waals surface area contributed by atoms with Gasteiger partial charge in [0, 0.05) is 29.2 Å². The Balaban J connectivity index is 0.000000158. The van der Waals surface area contributed by atoms with E-state index in [9.17, 15) is 19.5 Å². The maximum absolute atomic E-state index is 13.5. The first-order chi connectivity index (χ1) is 29.2. The number of carbonyl (C=O) groups excluding carboxylic acids is 3. The molecule has 2 aromatic carbocycles. The minimum Gasteiger partial charge on any atom is -0.508 e. The molecule has 1 saturated heterocycles. The highest BCUT2D eigenvalue weighted by atomic mass is 16.8. The van der Waals surface area contributed by atoms with Crippen molar-refractivity contribution in [1.82, 2.24) is 0 Å². The van der Waals surface area contributed by atoms with Gasteiger partial charge in [0.25, 0.3) is 0 Å². The van der Waals surface area contributed by atoms with E-state index in [0.717, 1.165) is 76.2 Å². The van der Waals surface area contributed by atoms with Gasteiger partial charge < -0.3 is 19.3 Å². The van der Waals surface area contributed by atoms with E-state index in [1.165, 1.54) is 48.8 Å². The fourth-order valence-electron chi connectivity index (χ4n) is 15.7. The van der Waals surface area contributed by atoms with Crippen LogP contribution < -0.4 is 0 Å². The van der Waals surface area contributed by atoms with Crippen LogP contribution in [0.1, 0.15) is 173 Å². The van der Waals surface area contributed by atoms with Gasteiger partial charge in [-0.1, -0.05) is 88.9 Å². The van der Waals surface area contributed by atoms with Gasteiger partial charge in [-0.25, -0.2) is 0 Å². The highest BCUT2D eigenvalue weighted by Gasteiger charge is 2.75. The van der Waals surface area contributed by atoms with Gasteiger partial charge in [-0.3, -0.25) is 14.4 Å². The minimum atomic E-state index is -0.902. The van der Waals surface area contributed by atoms with Crippen molar-refractivity contribution in [1.29, 1.82) is 0 Å². The van der Waals surface area contributed by atoms with Crippen LogP contribution in [0.5, 0.6) is 5.75 Å². The molecule has 7 heteroatoms. The Hall–Kier alpha value is -3.29. The summed E-state index contributed by atoms with van der Waals surface area (Å²) in [5, 5.41) is 9.84. The van der Waals surface area contributed by atoms with E-state index in [0.29, 0.717) is 59.9 Å². The summed E-state index contributed by atoms with van der Waals surface area (Å²) >= 11 is 0. The third-order valence-electron chi connectivity index (χ3n) is 18.8. The summed E-state index contributed by atoms with van der Waals surface area (Å²) in [5.74, 6) is 3.43. The van der Waals surface area contributed by atoms with Crippen LogP contribution in [0.25, 0.3) is 0 Å². The molecule has 0 bridgehead atoms. The number of fused-ring (bicyclic) bond motifs is 12. The summed E-state index contributed by atoms with van der Waals surface area (Å²) in [6, 6.07) is 16.0. The maximum Gasteiger partial charge on any atom is 0.306 e. The first-order valence-corrected chi connectivity index (χ1v) is 24.4. The number of hydrogen-bond acceptors (Lipinski definition) is 7. The topological polar surface area (TPSA) is 99.1 Å². The number of allylic oxidation sites excluding steroid dienone is 1. The van der Waals surface area contributed by atoms with Gasteiger partial charge in [0.15, 0.2) is 23.0 Å². The molecule has 1 heterocycles. The van der Waals surface area contributed by atoms with E-state index in [-0.39, 0.29) is 40.2 Å². The number of carbonyl (C=O) groups is 3. The van der Waals surface area contributed by atoms with Crippen molar-refractivity contribution in [3.05, 3.63) is 76.9 Å². The van der Waals surface area contributed by atoms with Gasteiger partial charge in [0.1, 0.15) is 11.9 Å². The lowest BCUT2D eigenvalue weighted by atomic mass is 9.46. The monoisotopic (exact) mass is 833 g/mol. The first kappa shape index (κ1) is 43.0. The molecular weight excluding hydrogens is 761 g/mol. The Morgan fingerprint density at radius 3 is 2.38 bits per heavy atom. The molecule has 0 amide bonds. The van der Waals surface area contributed by atoms with Crippen LogP contribution in [0.15, 0.2) is 60.2 Å². The summed E-state index contributed by atoms with van der Waals surface area (Å²) in [4.78, 5) is 38.0. The SMILES string of the molecule is CC(=O)[C@@]12OC(C)(c3ccccc3)O[C@H]1C[C@H]1[C@@H]3CCC4=CC(=O)CC[C@]4(C)[C@H]3CC[C@@]12C.CCCCCCC(=O)O[C@H]1CC[C@H]2[C@@H]3CCc4cc(O)ccc4[C@H]3CC[C@]12C. The van der Waals surface area contributed by atoms with Crippen LogP contribution in [0.3, 0.4) is 0 Å². The standard InChI is InChI=1S/C29H36O4.C25H36O3/c1-18(30)29-25(32-28(4,33-29)19-8-6-5-7-9-19)17-24-22-11-10-20-16-21(31)12-14-26(20,2)23(22)13-15-27(24,29)3;1-3-4-5-6-7-24(27)28-23-13-12-22-21-10-8-17-16-18(26)9-11-19(17)20(21)14-15-25(22,23)2/h5-9,16,22-25H,10-15,17H2,1-4H3;9,11,16,20-23,26H,3-8,10,12-15H2,1-2H3/t22-,23+,24+,25+,26+,27+,28?,29-;20-,21-,22+,23+,25+/m11/s1. The molecular formula is C54H72O7. The van der Waals surface area contributed by atoms with Crippen molar-refractivity contribution >= 4 is 17.5 Å². The number of ether oxygens (including phenoxy) is 3. The van der Waals surface area contributed by atoms with Crippen molar-refractivity contribution in [2.45, 2.75) is 187 Å². The molecule has 5 saturated carbocycles. The van der Waals surface area contributed by atoms with E-state index in [4.69, 9.17) is 14.2 Å². The van der Waals surface area contributed by atoms with E-state index in [1.54, 1.807) is 6.92 Å². The van der Waals surface area contributed by atoms with Crippen molar-refractivity contribution in [3.63, 3.8) is 0 Å². The molecule has 10 rings (SSSR count). The summed E-state index contributed by atoms with van der Waals surface area (Å²) in [5.41, 5.74) is 4.30. The molecule has 13 atom stereocenters. The second-order valence-corrected chi connectivity index (χ2v) is 21.7. The van der Waals surface area contributed by atoms with Crippen LogP contribution in [-0.4, -0.2) is 40.5 Å². The molecule has 6 fully saturated rings. The van der Waals surface area contributed by atoms with Gasteiger partial charge in [-0.15, -0.1) is 0 Å². The van der Waals surface area contributed by atoms with E-state index in [2.05, 4.69) is 33.8 Å². The third kappa shape index (κ3) is 6.91. The summed E-state index contributed by atoms with van der Waals surface area (Å²) < 4.78 is 19.6. The zero-order valence-electron chi connectivity index (χ0n) is 37.9. The summed E-state index contributed by atoms with van der Waals surface area (Å²) in [7, 11) is 0. The molecule has 1 unspecified atom stereocenters. The first-order valence-electron chi connectivity index (χ1n) is 24.4. The average molecular weight is 833 g/mol. The lowest BCUT2D eigenvalue weighted by Gasteiger charge is -2.59. The van der Waals surface area contributed by atoms with Gasteiger partial charge in [-0.2, -0.15) is 0 Å². The van der Waals surface area contributed by atoms with Gasteiger partial charge in [0.05, 0.1) is 6.10 Å². The normalized spacial score (nSPS) is 41.6. The second kappa shape index (κ2) is 16.1. The van der Waals surface area contributed by atoms with Crippen LogP contribution >= 0.6 is 0 Å². The molecule has 2 aromatic rings. The molecule has 7 aliphatic carbocycles. The number of aryl methyl sites for hydroxylation is 1. The zero-order chi connectivity index (χ0) is 43.0. The third-order valence-corrected chi connectivity index (χ3v) is 18.8. The molecule has 0 radical (unpaired) electrons. The molecule has 0 aromatic heterocycles. The number of benzene rings is 2. The summed E-state index contributed by atoms with van der Waals surface area (Å²) in [6.45, 7) is 13.0. The fraction of sp³-hybridized carbons (Fsp3) is 0.685. The molecule has 61 heavy (non-hydrogen) atoms. The number of aromatic hydroxyl groups is 1. The zero-order valence-corrected chi connectivity index (χ0v) is 37.9. The lowest BCUT2D eigenvalue weighted by molar-refractivity contribution is -0.227. The van der Waals surface area contributed by atoms with Crippen molar-refractivity contribution in [2.75, 3.05) is 0 Å². The largest absolute Gasteiger partial charge is 0.508 e. The minimum absolute atomic E-state index is 0.0227.